The highest BCUT2D eigenvalue weighted by atomic mass is 79.9. The molecule has 0 fully saturated rings. The van der Waals surface area contributed by atoms with Crippen molar-refractivity contribution in [1.29, 1.82) is 0 Å². The third-order valence-corrected chi connectivity index (χ3v) is 2.98. The molecule has 0 N–H and O–H groups in total. The van der Waals surface area contributed by atoms with Gasteiger partial charge in [0.25, 0.3) is 11.4 Å². The van der Waals surface area contributed by atoms with E-state index in [1.807, 2.05) is 0 Å². The van der Waals surface area contributed by atoms with Crippen LogP contribution < -0.4 is 4.74 Å². The zero-order valence-corrected chi connectivity index (χ0v) is 12.0. The number of halogens is 1. The van der Waals surface area contributed by atoms with Gasteiger partial charge in [-0.15, -0.1) is 0 Å². The van der Waals surface area contributed by atoms with Gasteiger partial charge < -0.3 is 4.74 Å². The first-order valence-electron chi connectivity index (χ1n) is 5.62. The van der Waals surface area contributed by atoms with Crippen molar-refractivity contribution in [3.05, 3.63) is 66.9 Å². The average Bonchev–Trinajstić information content (AvgIpc) is 2.44. The molecule has 2 rings (SSSR count). The van der Waals surface area contributed by atoms with Crippen LogP contribution in [-0.2, 0) is 6.61 Å². The first-order valence-corrected chi connectivity index (χ1v) is 6.41. The summed E-state index contributed by atoms with van der Waals surface area (Å²) in [7, 11) is 0. The monoisotopic (exact) mass is 353 g/mol. The third-order valence-electron chi connectivity index (χ3n) is 2.55. The van der Waals surface area contributed by atoms with E-state index in [9.17, 15) is 20.2 Å². The van der Waals surface area contributed by atoms with Crippen LogP contribution in [-0.4, -0.2) is 14.8 Å². The van der Waals surface area contributed by atoms with Crippen LogP contribution in [0.3, 0.4) is 0 Å². The van der Waals surface area contributed by atoms with Gasteiger partial charge >= 0.3 is 0 Å². The number of hydrogen-bond acceptors (Lipinski definition) is 6. The summed E-state index contributed by atoms with van der Waals surface area (Å²) in [4.78, 5) is 24.1. The second-order valence-electron chi connectivity index (χ2n) is 3.95. The highest BCUT2D eigenvalue weighted by Crippen LogP contribution is 2.26. The number of nitrogens with zero attached hydrogens (tertiary/aromatic N) is 3. The summed E-state index contributed by atoms with van der Waals surface area (Å²) in [5.74, 6) is 0.428. The Kier molecular flexibility index (Phi) is 4.43. The molecule has 0 saturated heterocycles. The van der Waals surface area contributed by atoms with Crippen LogP contribution in [0.2, 0.25) is 0 Å². The highest BCUT2D eigenvalue weighted by molar-refractivity contribution is 9.10. The smallest absolute Gasteiger partial charge is 0.282 e. The van der Waals surface area contributed by atoms with Crippen molar-refractivity contribution < 1.29 is 14.6 Å². The predicted molar refractivity (Wildman–Crippen MR) is 76.0 cm³/mol. The summed E-state index contributed by atoms with van der Waals surface area (Å²) in [6.45, 7) is -0.0908. The maximum atomic E-state index is 11.0. The fourth-order valence-corrected chi connectivity index (χ4v) is 1.93. The van der Waals surface area contributed by atoms with Crippen molar-refractivity contribution >= 4 is 27.3 Å². The van der Waals surface area contributed by atoms with E-state index in [1.54, 1.807) is 12.3 Å². The van der Waals surface area contributed by atoms with Gasteiger partial charge in [-0.3, -0.25) is 25.2 Å². The van der Waals surface area contributed by atoms with E-state index in [1.165, 1.54) is 18.3 Å². The molecule has 9 heteroatoms. The summed E-state index contributed by atoms with van der Waals surface area (Å²) < 4.78 is 6.10. The van der Waals surface area contributed by atoms with E-state index in [-0.39, 0.29) is 23.5 Å². The van der Waals surface area contributed by atoms with E-state index in [0.29, 0.717) is 10.2 Å². The van der Waals surface area contributed by atoms with E-state index in [0.717, 1.165) is 6.07 Å². The number of non-ortho nitro benzene ring substituents is 1. The number of benzene rings is 1. The van der Waals surface area contributed by atoms with Crippen LogP contribution in [0.1, 0.15) is 5.56 Å². The number of nitro groups is 2. The number of aromatic nitrogens is 1. The van der Waals surface area contributed by atoms with Crippen molar-refractivity contribution in [2.45, 2.75) is 6.61 Å². The average molecular weight is 354 g/mol. The van der Waals surface area contributed by atoms with E-state index in [4.69, 9.17) is 4.74 Å². The quantitative estimate of drug-likeness (QED) is 0.602. The lowest BCUT2D eigenvalue weighted by molar-refractivity contribution is -0.394. The van der Waals surface area contributed by atoms with E-state index in [2.05, 4.69) is 20.9 Å². The van der Waals surface area contributed by atoms with Crippen LogP contribution in [0.25, 0.3) is 0 Å². The Bertz CT molecular complexity index is 707. The van der Waals surface area contributed by atoms with Crippen molar-refractivity contribution in [1.82, 2.24) is 4.98 Å². The molecule has 1 aromatic carbocycles. The Labute approximate surface area is 126 Å². The van der Waals surface area contributed by atoms with Gasteiger partial charge in [-0.1, -0.05) is 0 Å². The van der Waals surface area contributed by atoms with Gasteiger partial charge in [0.05, 0.1) is 27.7 Å². The van der Waals surface area contributed by atoms with Crippen LogP contribution in [0.15, 0.2) is 41.1 Å². The molecule has 0 bridgehead atoms. The highest BCUT2D eigenvalue weighted by Gasteiger charge is 2.19. The molecule has 108 valence electrons. The van der Waals surface area contributed by atoms with Crippen LogP contribution in [0, 0.1) is 20.2 Å². The second kappa shape index (κ2) is 6.27. The first kappa shape index (κ1) is 14.9. The number of ether oxygens (including phenoxy) is 1. The zero-order chi connectivity index (χ0) is 15.4. The van der Waals surface area contributed by atoms with Gasteiger partial charge in [-0.25, -0.2) is 0 Å². The van der Waals surface area contributed by atoms with Crippen LogP contribution >= 0.6 is 15.9 Å². The minimum Gasteiger partial charge on any atom is -0.487 e. The maximum absolute atomic E-state index is 11.0. The Morgan fingerprint density at radius 1 is 1.14 bits per heavy atom. The number of pyridine rings is 1. The molecule has 0 spiro atoms. The molecule has 21 heavy (non-hydrogen) atoms. The Balaban J connectivity index is 2.23. The first-order chi connectivity index (χ1) is 9.97. The van der Waals surface area contributed by atoms with Crippen LogP contribution in [0.4, 0.5) is 11.4 Å². The lowest BCUT2D eigenvalue weighted by Crippen LogP contribution is -2.02. The second-order valence-corrected chi connectivity index (χ2v) is 4.87. The van der Waals surface area contributed by atoms with Crippen molar-refractivity contribution in [2.24, 2.45) is 0 Å². The molecule has 8 nitrogen and oxygen atoms in total. The normalized spacial score (nSPS) is 10.1. The fraction of sp³-hybridized carbons (Fsp3) is 0.0833. The van der Waals surface area contributed by atoms with Gasteiger partial charge in [-0.05, 0) is 28.1 Å². The Morgan fingerprint density at radius 3 is 2.52 bits per heavy atom. The lowest BCUT2D eigenvalue weighted by atomic mass is 10.1. The topological polar surface area (TPSA) is 108 Å². The minimum atomic E-state index is -0.685. The molecule has 0 aliphatic heterocycles. The molecule has 0 unspecified atom stereocenters. The fourth-order valence-electron chi connectivity index (χ4n) is 1.59. The van der Waals surface area contributed by atoms with Gasteiger partial charge in [-0.2, -0.15) is 0 Å². The summed E-state index contributed by atoms with van der Waals surface area (Å²) in [5.41, 5.74) is -0.452. The maximum Gasteiger partial charge on any atom is 0.282 e. The molecule has 0 saturated carbocycles. The molecule has 0 radical (unpaired) electrons. The summed E-state index contributed by atoms with van der Waals surface area (Å²) in [6.07, 6.45) is 3.03. The summed E-state index contributed by atoms with van der Waals surface area (Å²) in [6, 6.07) is 5.08. The minimum absolute atomic E-state index is 0.0908. The molecular formula is C12H8BrN3O5. The molecule has 2 aromatic rings. The summed E-state index contributed by atoms with van der Waals surface area (Å²) >= 11 is 3.23. The molecular weight excluding hydrogens is 346 g/mol. The van der Waals surface area contributed by atoms with Crippen molar-refractivity contribution in [2.75, 3.05) is 0 Å². The van der Waals surface area contributed by atoms with Crippen molar-refractivity contribution in [3.63, 3.8) is 0 Å². The standard InChI is InChI=1S/C12H8BrN3O5/c13-9-3-11(6-14-5-9)21-7-8-1-2-10(15(17)18)4-12(8)16(19)20/h1-6H,7H2. The number of nitro benzene ring substituents is 2. The van der Waals surface area contributed by atoms with Gasteiger partial charge in [0.15, 0.2) is 0 Å². The van der Waals surface area contributed by atoms with Gasteiger partial charge in [0.1, 0.15) is 12.4 Å². The summed E-state index contributed by atoms with van der Waals surface area (Å²) in [5, 5.41) is 21.6. The predicted octanol–water partition coefficient (Wildman–Crippen LogP) is 3.24. The Morgan fingerprint density at radius 2 is 1.90 bits per heavy atom. The third kappa shape index (κ3) is 3.72. The SMILES string of the molecule is O=[N+]([O-])c1ccc(COc2cncc(Br)c2)c([N+](=O)[O-])c1. The zero-order valence-electron chi connectivity index (χ0n) is 10.4. The number of rotatable bonds is 5. The molecule has 1 aromatic heterocycles. The van der Waals surface area contributed by atoms with Crippen LogP contribution in [0.5, 0.6) is 5.75 Å². The number of hydrogen-bond donors (Lipinski definition) is 0. The lowest BCUT2D eigenvalue weighted by Gasteiger charge is -2.06. The molecule has 1 heterocycles. The molecule has 0 atom stereocenters. The largest absolute Gasteiger partial charge is 0.487 e. The van der Waals surface area contributed by atoms with Gasteiger partial charge in [0, 0.05) is 16.7 Å². The molecule has 0 amide bonds. The van der Waals surface area contributed by atoms with E-state index < -0.39 is 9.85 Å². The van der Waals surface area contributed by atoms with Crippen molar-refractivity contribution in [3.8, 4) is 5.75 Å². The molecule has 0 aliphatic rings. The Hall–Kier alpha value is -2.55. The van der Waals surface area contributed by atoms with Gasteiger partial charge in [0.2, 0.25) is 0 Å². The van der Waals surface area contributed by atoms with E-state index >= 15 is 0 Å². The molecule has 0 aliphatic carbocycles.